The quantitative estimate of drug-likeness (QED) is 0.665. The summed E-state index contributed by atoms with van der Waals surface area (Å²) < 4.78 is 23.0. The second kappa shape index (κ2) is 6.26. The predicted molar refractivity (Wildman–Crippen MR) is 80.5 cm³/mol. The minimum absolute atomic E-state index is 0.199. The number of hydrogen-bond acceptors (Lipinski definition) is 5. The van der Waals surface area contributed by atoms with Crippen LogP contribution in [0.1, 0.15) is 25.3 Å². The van der Waals surface area contributed by atoms with Crippen molar-refractivity contribution in [2.24, 2.45) is 5.16 Å². The van der Waals surface area contributed by atoms with Crippen molar-refractivity contribution < 1.29 is 13.6 Å². The Bertz CT molecular complexity index is 596. The second-order valence-electron chi connectivity index (χ2n) is 4.89. The molecule has 1 N–H and O–H groups in total. The molecule has 0 aromatic heterocycles. The van der Waals surface area contributed by atoms with Gasteiger partial charge in [-0.3, -0.25) is 0 Å². The number of benzene rings is 1. The number of rotatable bonds is 5. The highest BCUT2D eigenvalue weighted by molar-refractivity contribution is 7.91. The monoisotopic (exact) mass is 296 g/mol. The van der Waals surface area contributed by atoms with Crippen molar-refractivity contribution in [3.8, 4) is 0 Å². The van der Waals surface area contributed by atoms with Crippen LogP contribution >= 0.6 is 0 Å². The Hall–Kier alpha value is -1.56. The van der Waals surface area contributed by atoms with Crippen molar-refractivity contribution in [3.63, 3.8) is 0 Å². The Balaban J connectivity index is 2.08. The number of fused-ring (bicyclic) bond motifs is 1. The first-order valence-electron chi connectivity index (χ1n) is 6.83. The Morgan fingerprint density at radius 1 is 1.35 bits per heavy atom. The molecule has 1 aromatic carbocycles. The summed E-state index contributed by atoms with van der Waals surface area (Å²) in [6, 6.07) is 7.76. The van der Waals surface area contributed by atoms with Crippen LogP contribution < -0.4 is 4.90 Å². The predicted octanol–water partition coefficient (Wildman–Crippen LogP) is 1.90. The highest BCUT2D eigenvalue weighted by Crippen LogP contribution is 2.27. The fraction of sp³-hybridized carbons (Fsp3) is 0.500. The maximum absolute atomic E-state index is 11.5. The summed E-state index contributed by atoms with van der Waals surface area (Å²) in [7, 11) is -2.90. The van der Waals surface area contributed by atoms with E-state index in [0.29, 0.717) is 25.1 Å². The van der Waals surface area contributed by atoms with Crippen molar-refractivity contribution in [2.75, 3.05) is 29.5 Å². The molecule has 1 aliphatic heterocycles. The molecule has 0 atom stereocenters. The van der Waals surface area contributed by atoms with E-state index in [1.807, 2.05) is 24.3 Å². The van der Waals surface area contributed by atoms with E-state index in [-0.39, 0.29) is 11.5 Å². The summed E-state index contributed by atoms with van der Waals surface area (Å²) in [6.45, 7) is 3.13. The Morgan fingerprint density at radius 2 is 2.10 bits per heavy atom. The van der Waals surface area contributed by atoms with E-state index >= 15 is 0 Å². The molecule has 0 aliphatic carbocycles. The fourth-order valence-electron chi connectivity index (χ4n) is 2.45. The molecule has 1 heterocycles. The third-order valence-corrected chi connectivity index (χ3v) is 5.41. The summed E-state index contributed by atoms with van der Waals surface area (Å²) >= 11 is 0. The van der Waals surface area contributed by atoms with Crippen molar-refractivity contribution in [3.05, 3.63) is 29.8 Å². The van der Waals surface area contributed by atoms with E-state index in [0.717, 1.165) is 17.8 Å². The van der Waals surface area contributed by atoms with Crippen LogP contribution in [0, 0.1) is 0 Å². The van der Waals surface area contributed by atoms with Crippen LogP contribution in [0.2, 0.25) is 0 Å². The molecule has 0 saturated carbocycles. The van der Waals surface area contributed by atoms with Crippen LogP contribution in [0.15, 0.2) is 29.4 Å². The van der Waals surface area contributed by atoms with E-state index in [9.17, 15) is 8.42 Å². The van der Waals surface area contributed by atoms with Crippen molar-refractivity contribution in [2.45, 2.75) is 19.8 Å². The average Bonchev–Trinajstić information content (AvgIpc) is 2.47. The zero-order valence-electron chi connectivity index (χ0n) is 11.6. The van der Waals surface area contributed by atoms with Gasteiger partial charge in [0.15, 0.2) is 0 Å². The van der Waals surface area contributed by atoms with Gasteiger partial charge in [0.25, 0.3) is 0 Å². The number of anilines is 1. The molecule has 20 heavy (non-hydrogen) atoms. The zero-order chi connectivity index (χ0) is 14.6. The standard InChI is InChI=1S/C14H20N2O3S/c1-2-20(18,19)11-5-9-16-10-8-13(15-17)12-6-3-4-7-14(12)16/h3-4,6-7,17H,2,5,8-11H2,1H3. The molecule has 0 unspecified atom stereocenters. The Morgan fingerprint density at radius 3 is 2.80 bits per heavy atom. The normalized spacial score (nSPS) is 17.2. The van der Waals surface area contributed by atoms with E-state index < -0.39 is 9.84 Å². The molecule has 1 aliphatic rings. The third kappa shape index (κ3) is 3.30. The lowest BCUT2D eigenvalue weighted by Crippen LogP contribution is -2.34. The average molecular weight is 296 g/mol. The molecular formula is C14H20N2O3S. The van der Waals surface area contributed by atoms with E-state index in [2.05, 4.69) is 10.1 Å². The van der Waals surface area contributed by atoms with Gasteiger partial charge in [0.2, 0.25) is 0 Å². The maximum Gasteiger partial charge on any atom is 0.150 e. The Kier molecular flexibility index (Phi) is 4.65. The van der Waals surface area contributed by atoms with Crippen LogP contribution in [0.4, 0.5) is 5.69 Å². The van der Waals surface area contributed by atoms with Gasteiger partial charge in [-0.1, -0.05) is 30.3 Å². The summed E-state index contributed by atoms with van der Waals surface area (Å²) in [6.07, 6.45) is 1.30. The molecular weight excluding hydrogens is 276 g/mol. The summed E-state index contributed by atoms with van der Waals surface area (Å²) in [4.78, 5) is 2.16. The van der Waals surface area contributed by atoms with Gasteiger partial charge in [0.1, 0.15) is 9.84 Å². The molecule has 1 aromatic rings. The minimum Gasteiger partial charge on any atom is -0.411 e. The second-order valence-corrected chi connectivity index (χ2v) is 7.36. The van der Waals surface area contributed by atoms with Crippen molar-refractivity contribution in [1.82, 2.24) is 0 Å². The van der Waals surface area contributed by atoms with Crippen molar-refractivity contribution in [1.29, 1.82) is 0 Å². The molecule has 0 saturated heterocycles. The first kappa shape index (κ1) is 14.8. The fourth-order valence-corrected chi connectivity index (χ4v) is 3.30. The van der Waals surface area contributed by atoms with Crippen molar-refractivity contribution >= 4 is 21.2 Å². The number of nitrogens with zero attached hydrogens (tertiary/aromatic N) is 2. The lowest BCUT2D eigenvalue weighted by atomic mass is 9.99. The number of sulfone groups is 1. The molecule has 6 heteroatoms. The molecule has 5 nitrogen and oxygen atoms in total. The van der Waals surface area contributed by atoms with Gasteiger partial charge < -0.3 is 10.1 Å². The topological polar surface area (TPSA) is 70.0 Å². The highest BCUT2D eigenvalue weighted by atomic mass is 32.2. The SMILES string of the molecule is CCS(=O)(=O)CCCN1CCC(=NO)c2ccccc21. The van der Waals surface area contributed by atoms with Crippen LogP contribution in [-0.2, 0) is 9.84 Å². The van der Waals surface area contributed by atoms with Gasteiger partial charge in [-0.05, 0) is 12.5 Å². The van der Waals surface area contributed by atoms with Gasteiger partial charge in [-0.15, -0.1) is 0 Å². The first-order chi connectivity index (χ1) is 9.57. The smallest absolute Gasteiger partial charge is 0.150 e. The lowest BCUT2D eigenvalue weighted by Gasteiger charge is -2.31. The summed E-state index contributed by atoms with van der Waals surface area (Å²) in [5.41, 5.74) is 2.64. The number of oxime groups is 1. The lowest BCUT2D eigenvalue weighted by molar-refractivity contribution is 0.317. The Labute approximate surface area is 119 Å². The van der Waals surface area contributed by atoms with Gasteiger partial charge >= 0.3 is 0 Å². The molecule has 110 valence electrons. The minimum atomic E-state index is -2.90. The molecule has 2 rings (SSSR count). The van der Waals surface area contributed by atoms with Gasteiger partial charge in [-0.25, -0.2) is 8.42 Å². The van der Waals surface area contributed by atoms with Gasteiger partial charge in [0.05, 0.1) is 11.5 Å². The summed E-state index contributed by atoms with van der Waals surface area (Å²) in [5, 5.41) is 12.4. The first-order valence-corrected chi connectivity index (χ1v) is 8.65. The van der Waals surface area contributed by atoms with Crippen LogP contribution in [0.5, 0.6) is 0 Å². The van der Waals surface area contributed by atoms with E-state index in [4.69, 9.17) is 5.21 Å². The van der Waals surface area contributed by atoms with Crippen LogP contribution in [-0.4, -0.2) is 43.9 Å². The number of hydrogen-bond donors (Lipinski definition) is 1. The largest absolute Gasteiger partial charge is 0.411 e. The maximum atomic E-state index is 11.5. The van der Waals surface area contributed by atoms with E-state index in [1.165, 1.54) is 0 Å². The molecule has 0 amide bonds. The van der Waals surface area contributed by atoms with E-state index in [1.54, 1.807) is 6.92 Å². The third-order valence-electron chi connectivity index (χ3n) is 3.62. The van der Waals surface area contributed by atoms with Crippen LogP contribution in [0.25, 0.3) is 0 Å². The van der Waals surface area contributed by atoms with Gasteiger partial charge in [0, 0.05) is 36.5 Å². The molecule has 0 spiro atoms. The highest BCUT2D eigenvalue weighted by Gasteiger charge is 2.21. The summed E-state index contributed by atoms with van der Waals surface area (Å²) in [5.74, 6) is 0.425. The molecule has 0 bridgehead atoms. The number of para-hydroxylation sites is 1. The van der Waals surface area contributed by atoms with Gasteiger partial charge in [-0.2, -0.15) is 0 Å². The molecule has 0 fully saturated rings. The zero-order valence-corrected chi connectivity index (χ0v) is 12.4. The van der Waals surface area contributed by atoms with Crippen LogP contribution in [0.3, 0.4) is 0 Å². The molecule has 0 radical (unpaired) electrons.